The van der Waals surface area contributed by atoms with Crippen molar-refractivity contribution in [2.24, 2.45) is 0 Å². The van der Waals surface area contributed by atoms with Crippen molar-refractivity contribution in [3.63, 3.8) is 0 Å². The molecule has 0 radical (unpaired) electrons. The quantitative estimate of drug-likeness (QED) is 0.429. The fourth-order valence-electron chi connectivity index (χ4n) is 5.35. The van der Waals surface area contributed by atoms with Crippen molar-refractivity contribution >= 4 is 21.9 Å². The monoisotopic (exact) mass is 507 g/mol. The summed E-state index contributed by atoms with van der Waals surface area (Å²) in [5.74, 6) is 0.0937. The zero-order chi connectivity index (χ0) is 23.3. The van der Waals surface area contributed by atoms with E-state index in [4.69, 9.17) is 14.6 Å². The molecule has 2 atom stereocenters. The summed E-state index contributed by atoms with van der Waals surface area (Å²) in [6.07, 6.45) is 3.45. The van der Waals surface area contributed by atoms with Gasteiger partial charge in [-0.2, -0.15) is 0 Å². The number of halogens is 1. The topological polar surface area (TPSA) is 68.7 Å². The van der Waals surface area contributed by atoms with Crippen LogP contribution in [0.4, 0.5) is 0 Å². The molecule has 5 nitrogen and oxygen atoms in total. The van der Waals surface area contributed by atoms with Crippen LogP contribution in [0.5, 0.6) is 11.6 Å². The molecule has 33 heavy (non-hydrogen) atoms. The highest BCUT2D eigenvalue weighted by molar-refractivity contribution is 9.10. The number of hydrogen-bond acceptors (Lipinski definition) is 4. The fourth-order valence-corrected chi connectivity index (χ4v) is 5.89. The smallest absolute Gasteiger partial charge is 0.304 e. The molecule has 1 aromatic heterocycles. The highest BCUT2D eigenvalue weighted by Gasteiger charge is 2.33. The number of ether oxygens (including phenoxy) is 2. The molecule has 0 bridgehead atoms. The summed E-state index contributed by atoms with van der Waals surface area (Å²) < 4.78 is 12.8. The predicted molar refractivity (Wildman–Crippen MR) is 130 cm³/mol. The normalized spacial score (nSPS) is 18.5. The first kappa shape index (κ1) is 22.0. The summed E-state index contributed by atoms with van der Waals surface area (Å²) in [6, 6.07) is 11.0. The number of aliphatic carboxylic acids is 1. The first-order chi connectivity index (χ1) is 15.8. The van der Waals surface area contributed by atoms with Crippen molar-refractivity contribution in [1.29, 1.82) is 0 Å². The molecular formula is C27H26BrNO4. The van der Waals surface area contributed by atoms with E-state index >= 15 is 0 Å². The number of aromatic nitrogens is 1. The first-order valence-electron chi connectivity index (χ1n) is 11.2. The molecule has 2 aliphatic rings. The van der Waals surface area contributed by atoms with Gasteiger partial charge in [-0.05, 0) is 82.9 Å². The molecule has 2 aromatic carbocycles. The lowest BCUT2D eigenvalue weighted by molar-refractivity contribution is -0.137. The fraction of sp³-hybridized carbons (Fsp3) is 0.333. The third-order valence-electron chi connectivity index (χ3n) is 6.68. The van der Waals surface area contributed by atoms with Gasteiger partial charge >= 0.3 is 5.97 Å². The summed E-state index contributed by atoms with van der Waals surface area (Å²) in [5, 5.41) is 9.15. The minimum Gasteiger partial charge on any atom is -0.491 e. The number of carboxylic acids is 1. The number of fused-ring (bicyclic) bond motifs is 2. The maximum Gasteiger partial charge on any atom is 0.304 e. The van der Waals surface area contributed by atoms with Crippen LogP contribution >= 0.6 is 15.9 Å². The summed E-state index contributed by atoms with van der Waals surface area (Å²) in [6.45, 7) is 6.84. The van der Waals surface area contributed by atoms with Gasteiger partial charge in [-0.25, -0.2) is 4.98 Å². The molecule has 3 aromatic rings. The van der Waals surface area contributed by atoms with Crippen LogP contribution in [0.3, 0.4) is 0 Å². The van der Waals surface area contributed by atoms with Crippen LogP contribution in [0, 0.1) is 20.8 Å². The summed E-state index contributed by atoms with van der Waals surface area (Å²) in [5.41, 5.74) is 9.82. The van der Waals surface area contributed by atoms with Crippen molar-refractivity contribution in [3.8, 4) is 22.8 Å². The van der Waals surface area contributed by atoms with E-state index in [1.165, 1.54) is 38.9 Å². The number of carboxylic acid groups (broad SMARTS) is 1. The van der Waals surface area contributed by atoms with E-state index in [0.29, 0.717) is 22.7 Å². The van der Waals surface area contributed by atoms with E-state index in [2.05, 4.69) is 72.0 Å². The van der Waals surface area contributed by atoms with Gasteiger partial charge in [-0.15, -0.1) is 0 Å². The van der Waals surface area contributed by atoms with E-state index in [1.807, 2.05) is 0 Å². The minimum absolute atomic E-state index is 0.0257. The molecule has 1 N–H and O–H groups in total. The SMILES string of the molecule is Cc1cc(C)c(-c2cccc3c2CCC3Oc2ncc3c(c2Br)OC[C@H]3CC(=O)O)c(C)c1. The van der Waals surface area contributed by atoms with Gasteiger partial charge in [-0.3, -0.25) is 4.79 Å². The van der Waals surface area contributed by atoms with E-state index in [-0.39, 0.29) is 18.4 Å². The van der Waals surface area contributed by atoms with E-state index in [0.717, 1.165) is 18.4 Å². The molecule has 0 amide bonds. The molecule has 2 heterocycles. The number of pyridine rings is 1. The molecule has 0 fully saturated rings. The number of benzene rings is 2. The average Bonchev–Trinajstić information content (AvgIpc) is 3.34. The molecule has 0 saturated carbocycles. The summed E-state index contributed by atoms with van der Waals surface area (Å²) in [4.78, 5) is 15.7. The molecule has 1 aliphatic carbocycles. The van der Waals surface area contributed by atoms with Gasteiger partial charge in [0.05, 0.1) is 13.0 Å². The van der Waals surface area contributed by atoms with Crippen molar-refractivity contribution < 1.29 is 19.4 Å². The van der Waals surface area contributed by atoms with Gasteiger partial charge in [0.1, 0.15) is 16.3 Å². The van der Waals surface area contributed by atoms with Gasteiger partial charge in [0, 0.05) is 17.7 Å². The van der Waals surface area contributed by atoms with Crippen LogP contribution in [-0.4, -0.2) is 22.7 Å². The van der Waals surface area contributed by atoms with Crippen LogP contribution in [0.1, 0.15) is 58.2 Å². The Morgan fingerprint density at radius 1 is 1.21 bits per heavy atom. The Kier molecular flexibility index (Phi) is 5.65. The lowest BCUT2D eigenvalue weighted by Gasteiger charge is -2.18. The van der Waals surface area contributed by atoms with Gasteiger partial charge in [0.25, 0.3) is 0 Å². The van der Waals surface area contributed by atoms with Crippen LogP contribution < -0.4 is 9.47 Å². The Morgan fingerprint density at radius 3 is 2.70 bits per heavy atom. The Balaban J connectivity index is 1.46. The summed E-state index contributed by atoms with van der Waals surface area (Å²) >= 11 is 3.59. The Morgan fingerprint density at radius 2 is 1.97 bits per heavy atom. The van der Waals surface area contributed by atoms with Crippen molar-refractivity contribution in [3.05, 3.63) is 74.4 Å². The van der Waals surface area contributed by atoms with Crippen LogP contribution in [0.2, 0.25) is 0 Å². The van der Waals surface area contributed by atoms with Gasteiger partial charge in [-0.1, -0.05) is 35.9 Å². The van der Waals surface area contributed by atoms with Crippen molar-refractivity contribution in [2.45, 2.75) is 52.1 Å². The van der Waals surface area contributed by atoms with Gasteiger partial charge in [0.2, 0.25) is 5.88 Å². The third-order valence-corrected chi connectivity index (χ3v) is 7.38. The third kappa shape index (κ3) is 3.90. The maximum atomic E-state index is 11.1. The second kappa shape index (κ2) is 8.49. The number of hydrogen-bond donors (Lipinski definition) is 1. The number of aryl methyl sites for hydroxylation is 3. The average molecular weight is 508 g/mol. The Labute approximate surface area is 201 Å². The van der Waals surface area contributed by atoms with E-state index in [1.54, 1.807) is 6.20 Å². The highest BCUT2D eigenvalue weighted by Crippen LogP contribution is 2.47. The Hall–Kier alpha value is -2.86. The van der Waals surface area contributed by atoms with Crippen molar-refractivity contribution in [1.82, 2.24) is 4.98 Å². The Bertz CT molecular complexity index is 1250. The van der Waals surface area contributed by atoms with Gasteiger partial charge < -0.3 is 14.6 Å². The second-order valence-corrected chi connectivity index (χ2v) is 9.85. The number of carbonyl (C=O) groups is 1. The van der Waals surface area contributed by atoms with Crippen molar-refractivity contribution in [2.75, 3.05) is 6.61 Å². The van der Waals surface area contributed by atoms with Crippen LogP contribution in [0.15, 0.2) is 41.0 Å². The molecule has 0 spiro atoms. The van der Waals surface area contributed by atoms with Gasteiger partial charge in [0.15, 0.2) is 0 Å². The zero-order valence-electron chi connectivity index (χ0n) is 18.9. The molecule has 1 aliphatic heterocycles. The summed E-state index contributed by atoms with van der Waals surface area (Å²) in [7, 11) is 0. The minimum atomic E-state index is -0.842. The largest absolute Gasteiger partial charge is 0.491 e. The molecule has 170 valence electrons. The predicted octanol–water partition coefficient (Wildman–Crippen LogP) is 6.45. The first-order valence-corrected chi connectivity index (χ1v) is 12.0. The lowest BCUT2D eigenvalue weighted by Crippen LogP contribution is -2.08. The number of nitrogens with zero attached hydrogens (tertiary/aromatic N) is 1. The molecule has 1 unspecified atom stereocenters. The maximum absolute atomic E-state index is 11.1. The molecular weight excluding hydrogens is 482 g/mol. The molecule has 0 saturated heterocycles. The van der Waals surface area contributed by atoms with E-state index in [9.17, 15) is 4.79 Å². The molecule has 6 heteroatoms. The lowest BCUT2D eigenvalue weighted by atomic mass is 9.89. The zero-order valence-corrected chi connectivity index (χ0v) is 20.5. The highest BCUT2D eigenvalue weighted by atomic mass is 79.9. The standard InChI is InChI=1S/C27H26BrNO4/c1-14-9-15(2)24(16(3)10-14)20-6-4-5-19-18(20)7-8-22(19)33-27-25(28)26-21(12-29-27)17(13-32-26)11-23(30)31/h4-6,9-10,12,17,22H,7-8,11,13H2,1-3H3,(H,30,31)/t17-,22?/m1/s1. The van der Waals surface area contributed by atoms with E-state index < -0.39 is 5.97 Å². The van der Waals surface area contributed by atoms with Crippen LogP contribution in [-0.2, 0) is 11.2 Å². The molecule has 5 rings (SSSR count). The second-order valence-electron chi connectivity index (χ2n) is 9.06. The number of rotatable bonds is 5. The van der Waals surface area contributed by atoms with Crippen LogP contribution in [0.25, 0.3) is 11.1 Å².